The number of hydrogen-bond donors (Lipinski definition) is 2. The van der Waals surface area contributed by atoms with Crippen molar-refractivity contribution < 1.29 is 14.7 Å². The third-order valence-corrected chi connectivity index (χ3v) is 5.62. The van der Waals surface area contributed by atoms with Gasteiger partial charge in [0, 0.05) is 25.3 Å². The number of nitrogens with zero attached hydrogens (tertiary/aromatic N) is 2. The summed E-state index contributed by atoms with van der Waals surface area (Å²) in [5.74, 6) is -1.17. The molecule has 2 aliphatic heterocycles. The number of para-hydroxylation sites is 3. The number of anilines is 3. The number of carboxylic acids is 1. The minimum Gasteiger partial charge on any atom is -0.481 e. The summed E-state index contributed by atoms with van der Waals surface area (Å²) in [6, 6.07) is 15.9. The molecule has 2 N–H and O–H groups in total. The van der Waals surface area contributed by atoms with Gasteiger partial charge in [0.25, 0.3) is 0 Å². The highest BCUT2D eigenvalue weighted by Crippen LogP contribution is 2.38. The van der Waals surface area contributed by atoms with Crippen LogP contribution in [0.2, 0.25) is 0 Å². The van der Waals surface area contributed by atoms with Gasteiger partial charge in [0.05, 0.1) is 17.3 Å². The summed E-state index contributed by atoms with van der Waals surface area (Å²) in [5.41, 5.74) is 4.18. The van der Waals surface area contributed by atoms with Gasteiger partial charge in [-0.25, -0.2) is 4.79 Å². The Labute approximate surface area is 164 Å². The summed E-state index contributed by atoms with van der Waals surface area (Å²) in [7, 11) is 0. The molecule has 0 aliphatic carbocycles. The van der Waals surface area contributed by atoms with Crippen molar-refractivity contribution in [1.82, 2.24) is 4.90 Å². The molecule has 0 radical (unpaired) electrons. The molecule has 0 saturated carbocycles. The Bertz CT molecular complexity index is 898. The molecule has 1 fully saturated rings. The molecule has 2 amide bonds. The van der Waals surface area contributed by atoms with Crippen molar-refractivity contribution >= 4 is 29.1 Å². The molecule has 0 spiro atoms. The second kappa shape index (κ2) is 7.54. The Morgan fingerprint density at radius 1 is 1.04 bits per heavy atom. The molecule has 2 aromatic carbocycles. The van der Waals surface area contributed by atoms with E-state index in [0.717, 1.165) is 24.3 Å². The van der Waals surface area contributed by atoms with Crippen LogP contribution in [0.1, 0.15) is 18.9 Å². The smallest absolute Gasteiger partial charge is 0.321 e. The number of likely N-dealkylation sites (tertiary alicyclic amines) is 1. The molecule has 2 aromatic rings. The molecule has 6 nitrogen and oxygen atoms in total. The number of nitrogens with one attached hydrogen (secondary N) is 1. The highest BCUT2D eigenvalue weighted by Gasteiger charge is 2.32. The van der Waals surface area contributed by atoms with Crippen molar-refractivity contribution in [2.45, 2.75) is 19.8 Å². The highest BCUT2D eigenvalue weighted by molar-refractivity contribution is 5.95. The second-order valence-corrected chi connectivity index (χ2v) is 7.76. The maximum atomic E-state index is 12.9. The number of hydrogen-bond acceptors (Lipinski definition) is 3. The van der Waals surface area contributed by atoms with Crippen LogP contribution >= 0.6 is 0 Å². The van der Waals surface area contributed by atoms with Crippen LogP contribution in [0, 0.1) is 11.8 Å². The van der Waals surface area contributed by atoms with E-state index in [-0.39, 0.29) is 18.5 Å². The SMILES string of the molecule is CC1CC(C(=O)O)CN(C(=O)Nc2ccccc2N2CCc3ccccc32)C1. The number of carboxylic acid groups (broad SMARTS) is 1. The molecular formula is C22H25N3O3. The number of aliphatic carboxylic acids is 1. The first kappa shape index (κ1) is 18.3. The standard InChI is InChI=1S/C22H25N3O3/c1-15-12-17(21(26)27)14-24(13-15)22(28)23-18-7-3-5-9-20(18)25-11-10-16-6-2-4-8-19(16)25/h2-9,15,17H,10-14H2,1H3,(H,23,28)(H,26,27). The molecule has 0 bridgehead atoms. The zero-order chi connectivity index (χ0) is 19.7. The molecule has 146 valence electrons. The van der Waals surface area contributed by atoms with Gasteiger partial charge in [0.15, 0.2) is 0 Å². The van der Waals surface area contributed by atoms with Gasteiger partial charge in [-0.15, -0.1) is 0 Å². The van der Waals surface area contributed by atoms with E-state index in [0.29, 0.717) is 13.0 Å². The normalized spacial score (nSPS) is 21.3. The molecule has 28 heavy (non-hydrogen) atoms. The first-order valence-corrected chi connectivity index (χ1v) is 9.76. The highest BCUT2D eigenvalue weighted by atomic mass is 16.4. The van der Waals surface area contributed by atoms with Crippen LogP contribution in [-0.2, 0) is 11.2 Å². The Hall–Kier alpha value is -3.02. The van der Waals surface area contributed by atoms with E-state index in [2.05, 4.69) is 22.3 Å². The number of fused-ring (bicyclic) bond motifs is 1. The van der Waals surface area contributed by atoms with Gasteiger partial charge in [-0.05, 0) is 42.5 Å². The predicted octanol–water partition coefficient (Wildman–Crippen LogP) is 3.96. The van der Waals surface area contributed by atoms with Crippen molar-refractivity contribution in [3.05, 3.63) is 54.1 Å². The average Bonchev–Trinajstić information content (AvgIpc) is 3.12. The summed E-state index contributed by atoms with van der Waals surface area (Å²) < 4.78 is 0. The monoisotopic (exact) mass is 379 g/mol. The predicted molar refractivity (Wildman–Crippen MR) is 109 cm³/mol. The fourth-order valence-corrected chi connectivity index (χ4v) is 4.29. The Morgan fingerprint density at radius 2 is 1.75 bits per heavy atom. The van der Waals surface area contributed by atoms with Gasteiger partial charge in [-0.3, -0.25) is 4.79 Å². The summed E-state index contributed by atoms with van der Waals surface area (Å²) in [4.78, 5) is 28.2. The van der Waals surface area contributed by atoms with Crippen molar-refractivity contribution in [3.63, 3.8) is 0 Å². The number of rotatable bonds is 3. The van der Waals surface area contributed by atoms with E-state index in [1.807, 2.05) is 43.3 Å². The quantitative estimate of drug-likeness (QED) is 0.847. The molecule has 2 atom stereocenters. The Morgan fingerprint density at radius 3 is 2.54 bits per heavy atom. The van der Waals surface area contributed by atoms with E-state index in [1.165, 1.54) is 11.3 Å². The second-order valence-electron chi connectivity index (χ2n) is 7.76. The fraction of sp³-hybridized carbons (Fsp3) is 0.364. The zero-order valence-corrected chi connectivity index (χ0v) is 16.0. The minimum absolute atomic E-state index is 0.168. The van der Waals surface area contributed by atoms with E-state index in [4.69, 9.17) is 0 Å². The van der Waals surface area contributed by atoms with Crippen molar-refractivity contribution in [2.75, 3.05) is 29.9 Å². The van der Waals surface area contributed by atoms with Gasteiger partial charge in [0.2, 0.25) is 0 Å². The average molecular weight is 379 g/mol. The van der Waals surface area contributed by atoms with Gasteiger partial charge in [-0.2, -0.15) is 0 Å². The van der Waals surface area contributed by atoms with E-state index >= 15 is 0 Å². The number of benzene rings is 2. The van der Waals surface area contributed by atoms with Crippen LogP contribution < -0.4 is 10.2 Å². The summed E-state index contributed by atoms with van der Waals surface area (Å²) >= 11 is 0. The molecular weight excluding hydrogens is 354 g/mol. The van der Waals surface area contributed by atoms with Crippen LogP contribution in [0.15, 0.2) is 48.5 Å². The van der Waals surface area contributed by atoms with E-state index in [9.17, 15) is 14.7 Å². The Kier molecular flexibility index (Phi) is 4.94. The van der Waals surface area contributed by atoms with E-state index in [1.54, 1.807) is 4.90 Å². The summed E-state index contributed by atoms with van der Waals surface area (Å²) in [5, 5.41) is 12.4. The van der Waals surface area contributed by atoms with E-state index < -0.39 is 11.9 Å². The van der Waals surface area contributed by atoms with Crippen molar-refractivity contribution in [1.29, 1.82) is 0 Å². The Balaban J connectivity index is 1.55. The van der Waals surface area contributed by atoms with Crippen LogP contribution in [0.4, 0.5) is 21.9 Å². The van der Waals surface area contributed by atoms with Gasteiger partial charge >= 0.3 is 12.0 Å². The maximum Gasteiger partial charge on any atom is 0.321 e. The topological polar surface area (TPSA) is 72.9 Å². The molecule has 1 saturated heterocycles. The number of piperidine rings is 1. The molecule has 4 rings (SSSR count). The molecule has 2 aliphatic rings. The summed E-state index contributed by atoms with van der Waals surface area (Å²) in [6.07, 6.45) is 1.59. The van der Waals surface area contributed by atoms with Gasteiger partial charge in [-0.1, -0.05) is 37.3 Å². The maximum absolute atomic E-state index is 12.9. The molecule has 2 heterocycles. The lowest BCUT2D eigenvalue weighted by molar-refractivity contribution is -0.143. The third kappa shape index (κ3) is 3.54. The molecule has 6 heteroatoms. The third-order valence-electron chi connectivity index (χ3n) is 5.62. The largest absolute Gasteiger partial charge is 0.481 e. The van der Waals surface area contributed by atoms with Gasteiger partial charge < -0.3 is 20.2 Å². The number of urea groups is 1. The lowest BCUT2D eigenvalue weighted by atomic mass is 9.91. The van der Waals surface area contributed by atoms with Crippen LogP contribution in [0.5, 0.6) is 0 Å². The summed E-state index contributed by atoms with van der Waals surface area (Å²) in [6.45, 7) is 3.68. The number of carbonyl (C=O) groups excluding carboxylic acids is 1. The molecule has 0 aromatic heterocycles. The zero-order valence-electron chi connectivity index (χ0n) is 16.0. The lowest BCUT2D eigenvalue weighted by Gasteiger charge is -2.35. The minimum atomic E-state index is -0.835. The van der Waals surface area contributed by atoms with Crippen LogP contribution in [0.3, 0.4) is 0 Å². The lowest BCUT2D eigenvalue weighted by Crippen LogP contribution is -2.47. The van der Waals surface area contributed by atoms with Crippen molar-refractivity contribution in [3.8, 4) is 0 Å². The van der Waals surface area contributed by atoms with Crippen molar-refractivity contribution in [2.24, 2.45) is 11.8 Å². The number of carbonyl (C=O) groups is 2. The van der Waals surface area contributed by atoms with Gasteiger partial charge in [0.1, 0.15) is 0 Å². The first-order valence-electron chi connectivity index (χ1n) is 9.76. The van der Waals surface area contributed by atoms with Crippen LogP contribution in [0.25, 0.3) is 0 Å². The van der Waals surface area contributed by atoms with Crippen LogP contribution in [-0.4, -0.2) is 41.6 Å². The number of amides is 2. The molecule has 2 unspecified atom stereocenters. The fourth-order valence-electron chi connectivity index (χ4n) is 4.29. The first-order chi connectivity index (χ1) is 13.5.